The van der Waals surface area contributed by atoms with E-state index in [0.29, 0.717) is 19.7 Å². The van der Waals surface area contributed by atoms with Crippen molar-refractivity contribution >= 4 is 17.2 Å². The topological polar surface area (TPSA) is 62.2 Å². The highest BCUT2D eigenvalue weighted by atomic mass is 32.1. The molecule has 33 heavy (non-hydrogen) atoms. The summed E-state index contributed by atoms with van der Waals surface area (Å²) in [7, 11) is 0. The number of hydrogen-bond donors (Lipinski definition) is 1. The lowest BCUT2D eigenvalue weighted by Gasteiger charge is -2.37. The number of fused-ring (bicyclic) bond motifs is 1. The molecule has 1 aliphatic heterocycles. The van der Waals surface area contributed by atoms with Gasteiger partial charge in [-0.25, -0.2) is 0 Å². The van der Waals surface area contributed by atoms with Gasteiger partial charge >= 0.3 is 0 Å². The van der Waals surface area contributed by atoms with Crippen molar-refractivity contribution in [2.75, 3.05) is 46.0 Å². The molecule has 1 aromatic heterocycles. The molecule has 2 aromatic rings. The van der Waals surface area contributed by atoms with Gasteiger partial charge in [0.1, 0.15) is 19.0 Å². The molecule has 2 atom stereocenters. The van der Waals surface area contributed by atoms with Crippen molar-refractivity contribution in [1.29, 1.82) is 0 Å². The highest BCUT2D eigenvalue weighted by molar-refractivity contribution is 7.10. The number of rotatable bonds is 12. The Morgan fingerprint density at radius 1 is 1.36 bits per heavy atom. The Morgan fingerprint density at radius 2 is 2.15 bits per heavy atom. The first kappa shape index (κ1) is 25.3. The third kappa shape index (κ3) is 7.31. The average molecular weight is 471 g/mol. The second-order valence-corrected chi connectivity index (χ2v) is 9.38. The molecule has 1 aromatic carbocycles. The van der Waals surface area contributed by atoms with Crippen LogP contribution < -0.4 is 4.74 Å². The number of hydrogen-bond acceptors (Lipinski definition) is 6. The fourth-order valence-electron chi connectivity index (χ4n) is 4.12. The highest BCUT2D eigenvalue weighted by Crippen LogP contribution is 2.34. The van der Waals surface area contributed by atoms with Crippen molar-refractivity contribution in [3.8, 4) is 18.1 Å². The molecule has 6 nitrogen and oxygen atoms in total. The van der Waals surface area contributed by atoms with Crippen LogP contribution in [0.3, 0.4) is 0 Å². The molecule has 7 heteroatoms. The number of aliphatic hydroxyl groups excluding tert-OH is 1. The number of benzene rings is 1. The molecule has 2 unspecified atom stereocenters. The molecule has 1 aliphatic rings. The van der Waals surface area contributed by atoms with Crippen molar-refractivity contribution in [2.24, 2.45) is 0 Å². The molecular weight excluding hydrogens is 436 g/mol. The summed E-state index contributed by atoms with van der Waals surface area (Å²) in [6.45, 7) is 6.86. The van der Waals surface area contributed by atoms with Gasteiger partial charge in [-0.05, 0) is 55.5 Å². The fourth-order valence-corrected chi connectivity index (χ4v) is 5.05. The van der Waals surface area contributed by atoms with Crippen LogP contribution in [0.2, 0.25) is 0 Å². The van der Waals surface area contributed by atoms with Crippen LogP contribution in [0.15, 0.2) is 35.7 Å². The number of terminal acetylenes is 1. The van der Waals surface area contributed by atoms with Crippen LogP contribution in [0.5, 0.6) is 5.75 Å². The summed E-state index contributed by atoms with van der Waals surface area (Å²) in [5.41, 5.74) is 2.36. The molecule has 0 saturated heterocycles. The lowest BCUT2D eigenvalue weighted by Crippen LogP contribution is -2.48. The molecule has 0 aliphatic carbocycles. The minimum Gasteiger partial charge on any atom is -0.491 e. The molecule has 1 N–H and O–H groups in total. The van der Waals surface area contributed by atoms with Crippen LogP contribution in [0.4, 0.5) is 0 Å². The number of carbonyl (C=O) groups excluding carboxylic acids is 1. The largest absolute Gasteiger partial charge is 0.491 e. The maximum atomic E-state index is 13.4. The number of nitrogens with zero attached hydrogens (tertiary/aromatic N) is 2. The van der Waals surface area contributed by atoms with Gasteiger partial charge in [-0.3, -0.25) is 9.69 Å². The van der Waals surface area contributed by atoms with E-state index in [4.69, 9.17) is 15.9 Å². The van der Waals surface area contributed by atoms with E-state index in [2.05, 4.69) is 24.3 Å². The van der Waals surface area contributed by atoms with E-state index in [1.807, 2.05) is 41.0 Å². The van der Waals surface area contributed by atoms with E-state index in [9.17, 15) is 9.90 Å². The van der Waals surface area contributed by atoms with Crippen molar-refractivity contribution < 1.29 is 19.4 Å². The number of thiophene rings is 1. The van der Waals surface area contributed by atoms with Gasteiger partial charge in [0.25, 0.3) is 0 Å². The molecule has 0 spiro atoms. The van der Waals surface area contributed by atoms with Gasteiger partial charge in [-0.2, -0.15) is 0 Å². The molecule has 3 rings (SSSR count). The van der Waals surface area contributed by atoms with Crippen LogP contribution in [-0.4, -0.2) is 72.9 Å². The molecule has 0 bridgehead atoms. The van der Waals surface area contributed by atoms with E-state index in [-0.39, 0.29) is 31.7 Å². The van der Waals surface area contributed by atoms with Crippen LogP contribution in [0.1, 0.15) is 35.4 Å². The Morgan fingerprint density at radius 3 is 2.88 bits per heavy atom. The fraction of sp³-hybridized carbons (Fsp3) is 0.500. The normalized spacial score (nSPS) is 16.3. The predicted molar refractivity (Wildman–Crippen MR) is 132 cm³/mol. The van der Waals surface area contributed by atoms with Crippen molar-refractivity contribution in [3.05, 3.63) is 51.7 Å². The summed E-state index contributed by atoms with van der Waals surface area (Å²) >= 11 is 1.74. The van der Waals surface area contributed by atoms with Gasteiger partial charge in [-0.15, -0.1) is 17.8 Å². The van der Waals surface area contributed by atoms with E-state index < -0.39 is 6.10 Å². The van der Waals surface area contributed by atoms with Gasteiger partial charge in [0.15, 0.2) is 0 Å². The molecule has 0 saturated carbocycles. The number of aryl methyl sites for hydroxylation is 1. The SMILES string of the molecule is C#CCOCC(O)CN(CCC)CC(=O)N1CCc2sccc2C1COc1ccc(C)cc1. The minimum atomic E-state index is -0.691. The summed E-state index contributed by atoms with van der Waals surface area (Å²) in [5, 5.41) is 12.4. The van der Waals surface area contributed by atoms with Gasteiger partial charge in [0.2, 0.25) is 5.91 Å². The summed E-state index contributed by atoms with van der Waals surface area (Å²) < 4.78 is 11.4. The van der Waals surface area contributed by atoms with Gasteiger partial charge < -0.3 is 19.5 Å². The molecule has 1 amide bonds. The zero-order valence-electron chi connectivity index (χ0n) is 19.5. The van der Waals surface area contributed by atoms with Gasteiger partial charge in [0, 0.05) is 18.0 Å². The summed E-state index contributed by atoms with van der Waals surface area (Å²) in [6, 6.07) is 9.96. The highest BCUT2D eigenvalue weighted by Gasteiger charge is 2.33. The molecule has 0 fully saturated rings. The quantitative estimate of drug-likeness (QED) is 0.381. The first-order valence-corrected chi connectivity index (χ1v) is 12.4. The summed E-state index contributed by atoms with van der Waals surface area (Å²) in [6.07, 6.45) is 6.25. The van der Waals surface area contributed by atoms with E-state index in [0.717, 1.165) is 25.1 Å². The van der Waals surface area contributed by atoms with Gasteiger partial charge in [0.05, 0.1) is 25.3 Å². The average Bonchev–Trinajstić information content (AvgIpc) is 3.28. The monoisotopic (exact) mass is 470 g/mol. The zero-order valence-corrected chi connectivity index (χ0v) is 20.4. The maximum absolute atomic E-state index is 13.4. The van der Waals surface area contributed by atoms with Crippen LogP contribution in [0, 0.1) is 19.3 Å². The van der Waals surface area contributed by atoms with E-state index >= 15 is 0 Å². The first-order chi connectivity index (χ1) is 16.0. The molecule has 178 valence electrons. The number of carbonyl (C=O) groups is 1. The second kappa shape index (κ2) is 12.8. The Bertz CT molecular complexity index is 921. The third-order valence-electron chi connectivity index (χ3n) is 5.71. The second-order valence-electron chi connectivity index (χ2n) is 8.38. The van der Waals surface area contributed by atoms with Crippen molar-refractivity contribution in [2.45, 2.75) is 38.8 Å². The predicted octanol–water partition coefficient (Wildman–Crippen LogP) is 3.28. The molecule has 0 radical (unpaired) electrons. The Labute approximate surface area is 201 Å². The lowest BCUT2D eigenvalue weighted by atomic mass is 10.0. The summed E-state index contributed by atoms with van der Waals surface area (Å²) in [5.74, 6) is 3.25. The Kier molecular flexibility index (Phi) is 9.76. The Balaban J connectivity index is 1.66. The smallest absolute Gasteiger partial charge is 0.237 e. The number of ether oxygens (including phenoxy) is 2. The molecule has 2 heterocycles. The van der Waals surface area contributed by atoms with Gasteiger partial charge in [-0.1, -0.05) is 30.5 Å². The summed E-state index contributed by atoms with van der Waals surface area (Å²) in [4.78, 5) is 18.7. The van der Waals surface area contributed by atoms with Crippen LogP contribution in [0.25, 0.3) is 0 Å². The molecular formula is C26H34N2O4S. The standard InChI is InChI=1S/C26H34N2O4S/c1-4-12-27(16-21(29)18-31-14-5-2)17-26(30)28-13-10-25-23(11-15-33-25)24(28)19-32-22-8-6-20(3)7-9-22/h2,6-9,11,15,21,24,29H,4,10,12-14,16-19H2,1,3H3. The van der Waals surface area contributed by atoms with Crippen LogP contribution >= 0.6 is 11.3 Å². The minimum absolute atomic E-state index is 0.0505. The number of aliphatic hydroxyl groups is 1. The zero-order chi connectivity index (χ0) is 23.6. The van der Waals surface area contributed by atoms with Crippen molar-refractivity contribution in [1.82, 2.24) is 9.80 Å². The van der Waals surface area contributed by atoms with Crippen molar-refractivity contribution in [3.63, 3.8) is 0 Å². The maximum Gasteiger partial charge on any atom is 0.237 e. The first-order valence-electron chi connectivity index (χ1n) is 11.5. The Hall–Kier alpha value is -2.37. The lowest BCUT2D eigenvalue weighted by molar-refractivity contribution is -0.136. The van der Waals surface area contributed by atoms with E-state index in [1.54, 1.807) is 11.3 Å². The van der Waals surface area contributed by atoms with E-state index in [1.165, 1.54) is 16.0 Å². The van der Waals surface area contributed by atoms with Crippen LogP contribution in [-0.2, 0) is 16.0 Å². The number of amides is 1. The third-order valence-corrected chi connectivity index (χ3v) is 6.70.